The van der Waals surface area contributed by atoms with E-state index in [2.05, 4.69) is 211 Å². The van der Waals surface area contributed by atoms with Crippen molar-refractivity contribution >= 4 is 22.4 Å². The van der Waals surface area contributed by atoms with Gasteiger partial charge in [-0.25, -0.2) is 0 Å². The minimum absolute atomic E-state index is 0.974. The first kappa shape index (κ1) is 40.2. The van der Waals surface area contributed by atoms with E-state index in [1.54, 1.807) is 5.57 Å². The Kier molecular flexibility index (Phi) is 15.4. The molecule has 0 atom stereocenters. The minimum Gasteiger partial charge on any atom is -0.103 e. The second kappa shape index (κ2) is 21.0. The summed E-state index contributed by atoms with van der Waals surface area (Å²) in [5.74, 6) is 0. The van der Waals surface area contributed by atoms with Crippen LogP contribution in [0.25, 0.3) is 33.5 Å². The average Bonchev–Trinajstić information content (AvgIpc) is 3.20. The number of allylic oxidation sites excluding steroid dienone is 2. The lowest BCUT2D eigenvalue weighted by atomic mass is 9.93. The molecule has 0 saturated heterocycles. The molecule has 0 nitrogen and oxygen atoms in total. The third kappa shape index (κ3) is 12.5. The second-order valence-corrected chi connectivity index (χ2v) is 14.4. The molecule has 0 radical (unpaired) electrons. The van der Waals surface area contributed by atoms with E-state index in [-0.39, 0.29) is 0 Å². The van der Waals surface area contributed by atoms with Gasteiger partial charge in [0.15, 0.2) is 0 Å². The molecule has 0 N–H and O–H groups in total. The molecule has 0 heterocycles. The van der Waals surface area contributed by atoms with E-state index in [1.807, 2.05) is 12.2 Å². The Morgan fingerprint density at radius 3 is 1.64 bits per heavy atom. The quantitative estimate of drug-likeness (QED) is 0.144. The Bertz CT molecular complexity index is 2350. The molecule has 0 unspecified atom stereocenters. The molecule has 0 bridgehead atoms. The van der Waals surface area contributed by atoms with E-state index in [9.17, 15) is 0 Å². The third-order valence-electron chi connectivity index (χ3n) is 9.84. The topological polar surface area (TPSA) is 0 Å². The predicted molar refractivity (Wildman–Crippen MR) is 242 cm³/mol. The Morgan fingerprint density at radius 2 is 1.04 bits per heavy atom. The highest BCUT2D eigenvalue weighted by molar-refractivity contribution is 5.85. The third-order valence-corrected chi connectivity index (χ3v) is 9.84. The van der Waals surface area contributed by atoms with Gasteiger partial charge < -0.3 is 0 Å². The van der Waals surface area contributed by atoms with E-state index in [4.69, 9.17) is 0 Å². The highest BCUT2D eigenvalue weighted by Gasteiger charge is 2.06. The Morgan fingerprint density at radius 1 is 0.491 bits per heavy atom. The molecule has 7 aromatic rings. The highest BCUT2D eigenvalue weighted by atomic mass is 14.1. The van der Waals surface area contributed by atoms with Crippen LogP contribution in [0, 0.1) is 27.7 Å². The van der Waals surface area contributed by atoms with Crippen molar-refractivity contribution in [2.75, 3.05) is 0 Å². The van der Waals surface area contributed by atoms with Gasteiger partial charge in [-0.2, -0.15) is 0 Å². The molecule has 0 saturated carbocycles. The molecule has 1 aliphatic rings. The van der Waals surface area contributed by atoms with Crippen LogP contribution in [-0.2, 0) is 19.3 Å². The van der Waals surface area contributed by atoms with Crippen molar-refractivity contribution in [1.29, 1.82) is 0 Å². The van der Waals surface area contributed by atoms with Gasteiger partial charge in [0, 0.05) is 0 Å². The molecule has 0 amide bonds. The van der Waals surface area contributed by atoms with Crippen LogP contribution >= 0.6 is 0 Å². The molecule has 1 aliphatic carbocycles. The Balaban J connectivity index is 0.000000156. The second-order valence-electron chi connectivity index (χ2n) is 14.4. The lowest BCUT2D eigenvalue weighted by Gasteiger charge is -2.12. The van der Waals surface area contributed by atoms with Crippen molar-refractivity contribution in [3.8, 4) is 11.1 Å². The van der Waals surface area contributed by atoms with Crippen molar-refractivity contribution in [1.82, 2.24) is 0 Å². The van der Waals surface area contributed by atoms with Crippen molar-refractivity contribution in [2.24, 2.45) is 0 Å². The first-order chi connectivity index (χ1) is 26.8. The van der Waals surface area contributed by atoms with Crippen LogP contribution in [0.4, 0.5) is 0 Å². The number of aryl methyl sites for hydroxylation is 4. The molecule has 0 aromatic heterocycles. The van der Waals surface area contributed by atoms with E-state index in [1.165, 1.54) is 77.7 Å². The lowest BCUT2D eigenvalue weighted by Crippen LogP contribution is -2.29. The molecule has 276 valence electrons. The van der Waals surface area contributed by atoms with Crippen LogP contribution in [0.3, 0.4) is 0 Å². The van der Waals surface area contributed by atoms with Crippen molar-refractivity contribution in [3.05, 3.63) is 238 Å². The number of hydrogen-bond acceptors (Lipinski definition) is 0. The van der Waals surface area contributed by atoms with Crippen LogP contribution < -0.4 is 10.4 Å². The van der Waals surface area contributed by atoms with Crippen LogP contribution in [0.5, 0.6) is 0 Å². The standard InChI is InChI=1S/C24H22.C11H10.2C10H12/c1-18-9-13-20(14-10-18)21-15-11-19(12-16-21)17-23-7-4-6-22-5-2-3-8-24(22)23;1-9-5-4-7-10-6-2-3-8-11(9)10;2*1-3-5-10-7-4-6-9(2)8-10/h2-3,5-6,8-16H,4,7,17H2,1H3;2-8H,1H3;2*3-4,6-8H,1,5H2,2H3. The maximum atomic E-state index is 3.69. The predicted octanol–water partition coefficient (Wildman–Crippen LogP) is 13.2. The number of benzene rings is 7. The Hall–Kier alpha value is -5.98. The van der Waals surface area contributed by atoms with Gasteiger partial charge in [-0.15, -0.1) is 13.2 Å². The fourth-order valence-corrected chi connectivity index (χ4v) is 6.92. The summed E-state index contributed by atoms with van der Waals surface area (Å²) in [5.41, 5.74) is 13.5. The van der Waals surface area contributed by atoms with Crippen molar-refractivity contribution in [3.63, 3.8) is 0 Å². The maximum Gasteiger partial charge on any atom is -0.00578 e. The first-order valence-electron chi connectivity index (χ1n) is 19.5. The van der Waals surface area contributed by atoms with E-state index < -0.39 is 0 Å². The van der Waals surface area contributed by atoms with Gasteiger partial charge in [-0.05, 0) is 114 Å². The van der Waals surface area contributed by atoms with Gasteiger partial charge in [-0.3, -0.25) is 0 Å². The lowest BCUT2D eigenvalue weighted by molar-refractivity contribution is 1.02. The number of fused-ring (bicyclic) bond motifs is 2. The summed E-state index contributed by atoms with van der Waals surface area (Å²) in [4.78, 5) is 0. The van der Waals surface area contributed by atoms with Crippen LogP contribution in [0.15, 0.2) is 189 Å². The van der Waals surface area contributed by atoms with Gasteiger partial charge in [0.05, 0.1) is 0 Å². The normalized spacial score (nSPS) is 11.2. The molecule has 8 rings (SSSR count). The zero-order valence-corrected chi connectivity index (χ0v) is 33.3. The van der Waals surface area contributed by atoms with E-state index in [0.29, 0.717) is 0 Å². The zero-order valence-electron chi connectivity index (χ0n) is 33.3. The summed E-state index contributed by atoms with van der Waals surface area (Å²) in [6, 6.07) is 58.4. The average molecular weight is 717 g/mol. The molecule has 55 heavy (non-hydrogen) atoms. The summed E-state index contributed by atoms with van der Waals surface area (Å²) < 4.78 is 0. The molecule has 0 spiro atoms. The highest BCUT2D eigenvalue weighted by Crippen LogP contribution is 2.22. The monoisotopic (exact) mass is 716 g/mol. The number of hydrogen-bond donors (Lipinski definition) is 0. The van der Waals surface area contributed by atoms with Gasteiger partial charge in [0.25, 0.3) is 0 Å². The van der Waals surface area contributed by atoms with Gasteiger partial charge in [-0.1, -0.05) is 204 Å². The summed E-state index contributed by atoms with van der Waals surface area (Å²) in [6.45, 7) is 15.8. The summed E-state index contributed by atoms with van der Waals surface area (Å²) in [7, 11) is 0. The summed E-state index contributed by atoms with van der Waals surface area (Å²) in [6.07, 6.45) is 11.6. The molecule has 7 aromatic carbocycles. The molecule has 0 aliphatic heterocycles. The molecular weight excluding hydrogens is 661 g/mol. The largest absolute Gasteiger partial charge is 0.103 e. The minimum atomic E-state index is 0.974. The van der Waals surface area contributed by atoms with Gasteiger partial charge in [0.1, 0.15) is 0 Å². The molecule has 0 heteroatoms. The smallest absolute Gasteiger partial charge is 0.00578 e. The van der Waals surface area contributed by atoms with Crippen LogP contribution in [0.1, 0.15) is 51.8 Å². The Labute approximate surface area is 330 Å². The summed E-state index contributed by atoms with van der Waals surface area (Å²) >= 11 is 0. The first-order valence-corrected chi connectivity index (χ1v) is 19.5. The van der Waals surface area contributed by atoms with Crippen LogP contribution in [-0.4, -0.2) is 0 Å². The van der Waals surface area contributed by atoms with Crippen molar-refractivity contribution in [2.45, 2.75) is 59.8 Å². The SMILES string of the molecule is C=CCc1cccc(C)c1.C=CCc1cccc(C)c1.Cc1ccc(-c2ccc(CC3=c4ccccc4=CCC3)cc2)cc1.Cc1cccc2ccccc12. The molecule has 0 fully saturated rings. The van der Waals surface area contributed by atoms with Crippen molar-refractivity contribution < 1.29 is 0 Å². The van der Waals surface area contributed by atoms with E-state index in [0.717, 1.165) is 25.7 Å². The van der Waals surface area contributed by atoms with E-state index >= 15 is 0 Å². The number of rotatable bonds is 7. The summed E-state index contributed by atoms with van der Waals surface area (Å²) in [5, 5.41) is 5.52. The maximum absolute atomic E-state index is 3.69. The van der Waals surface area contributed by atoms with Gasteiger partial charge in [0.2, 0.25) is 0 Å². The fourth-order valence-electron chi connectivity index (χ4n) is 6.92. The molecular formula is C55H56. The fraction of sp³-hybridized carbons (Fsp3) is 0.164. The zero-order chi connectivity index (χ0) is 38.8. The van der Waals surface area contributed by atoms with Gasteiger partial charge >= 0.3 is 0 Å². The van der Waals surface area contributed by atoms with Crippen LogP contribution in [0.2, 0.25) is 0 Å².